The fraction of sp³-hybridized carbons (Fsp3) is 0.474. The van der Waals surface area contributed by atoms with Gasteiger partial charge in [-0.1, -0.05) is 81.8 Å². The number of benzene rings is 2. The fourth-order valence-corrected chi connectivity index (χ4v) is 7.87. The highest BCUT2D eigenvalue weighted by atomic mass is 16.7. The van der Waals surface area contributed by atoms with Gasteiger partial charge in [-0.2, -0.15) is 0 Å². The maximum Gasteiger partial charge on any atom is 0.481 e. The van der Waals surface area contributed by atoms with E-state index < -0.39 is 36.5 Å². The van der Waals surface area contributed by atoms with Gasteiger partial charge in [-0.05, 0) is 80.0 Å². The number of hydrogen-bond donors (Lipinski definition) is 3. The van der Waals surface area contributed by atoms with Crippen molar-refractivity contribution in [2.24, 2.45) is 23.2 Å². The minimum Gasteiger partial charge on any atom is -0.404 e. The topological polar surface area (TPSA) is 119 Å². The molecule has 3 N–H and O–H groups in total. The quantitative estimate of drug-likeness (QED) is 0.240. The van der Waals surface area contributed by atoms with Gasteiger partial charge in [-0.15, -0.1) is 0 Å². The van der Waals surface area contributed by atoms with E-state index >= 15 is 0 Å². The summed E-state index contributed by atoms with van der Waals surface area (Å²) in [7, 11) is -0.618. The highest BCUT2D eigenvalue weighted by Crippen LogP contribution is 2.65. The molecule has 1 saturated heterocycles. The number of hydrogen-bond acceptors (Lipinski definition) is 6. The van der Waals surface area contributed by atoms with Crippen molar-refractivity contribution in [3.63, 3.8) is 0 Å². The predicted octanol–water partition coefficient (Wildman–Crippen LogP) is 5.38. The molecular weight excluding hydrogens is 603 g/mol. The van der Waals surface area contributed by atoms with Gasteiger partial charge in [0, 0.05) is 23.9 Å². The third-order valence-corrected chi connectivity index (χ3v) is 10.9. The van der Waals surface area contributed by atoms with Crippen LogP contribution in [0.15, 0.2) is 72.9 Å². The summed E-state index contributed by atoms with van der Waals surface area (Å²) in [6.45, 7) is 12.8. The first-order valence-corrected chi connectivity index (χ1v) is 17.2. The maximum absolute atomic E-state index is 14.1. The summed E-state index contributed by atoms with van der Waals surface area (Å²) in [4.78, 5) is 45.0. The van der Waals surface area contributed by atoms with Crippen LogP contribution in [0.25, 0.3) is 11.1 Å². The van der Waals surface area contributed by atoms with Crippen LogP contribution in [-0.2, 0) is 14.1 Å². The molecule has 252 valence electrons. The van der Waals surface area contributed by atoms with E-state index in [-0.39, 0.29) is 35.6 Å². The van der Waals surface area contributed by atoms with Crippen LogP contribution < -0.4 is 16.0 Å². The van der Waals surface area contributed by atoms with E-state index in [1.807, 2.05) is 55.5 Å². The summed E-state index contributed by atoms with van der Waals surface area (Å²) < 4.78 is 13.3. The number of amides is 3. The zero-order valence-electron chi connectivity index (χ0n) is 28.8. The molecule has 1 aliphatic heterocycles. The average Bonchev–Trinajstić information content (AvgIpc) is 3.44. The summed E-state index contributed by atoms with van der Waals surface area (Å²) in [6, 6.07) is 19.3. The van der Waals surface area contributed by atoms with E-state index in [0.717, 1.165) is 29.5 Å². The number of aromatic nitrogens is 1. The molecule has 3 aliphatic carbocycles. The van der Waals surface area contributed by atoms with Gasteiger partial charge in [0.2, 0.25) is 5.91 Å². The van der Waals surface area contributed by atoms with Crippen molar-refractivity contribution in [1.29, 1.82) is 0 Å². The molecule has 6 atom stereocenters. The molecule has 2 aromatic carbocycles. The second-order valence-electron chi connectivity index (χ2n) is 15.0. The lowest BCUT2D eigenvalue weighted by Gasteiger charge is -2.64. The molecule has 7 rings (SSSR count). The van der Waals surface area contributed by atoms with Gasteiger partial charge < -0.3 is 25.3 Å². The Morgan fingerprint density at radius 2 is 1.65 bits per heavy atom. The molecule has 1 aromatic heterocycles. The van der Waals surface area contributed by atoms with Crippen molar-refractivity contribution >= 4 is 24.8 Å². The highest BCUT2D eigenvalue weighted by Gasteiger charge is 2.68. The van der Waals surface area contributed by atoms with Crippen LogP contribution in [0.5, 0.6) is 0 Å². The standard InChI is InChI=1S/C38H47BN4O5/c1-23(2)18-33(39-47-32-20-28-19-31(37(28,4)5)38(32,6)48-39)43-36(46)30(22-41-34(44)26-14-12-24(3)13-15-26)42-35(45)29-17-16-27(21-40-29)25-10-8-7-9-11-25/h7-17,21,23,28,30-33H,18-20,22H2,1-6H3,(H,41,44)(H,42,45)(H,43,46)/t28-,30-,31-,32?,33-,38-/m0/s1. The minimum atomic E-state index is -1.08. The van der Waals surface area contributed by atoms with Gasteiger partial charge >= 0.3 is 7.12 Å². The number of pyridine rings is 1. The summed E-state index contributed by atoms with van der Waals surface area (Å²) >= 11 is 0. The largest absolute Gasteiger partial charge is 0.481 e. The monoisotopic (exact) mass is 650 g/mol. The second-order valence-corrected chi connectivity index (χ2v) is 15.0. The summed E-state index contributed by atoms with van der Waals surface area (Å²) in [6.07, 6.45) is 4.30. The smallest absolute Gasteiger partial charge is 0.404 e. The van der Waals surface area contributed by atoms with Crippen LogP contribution in [0, 0.1) is 30.1 Å². The summed E-state index contributed by atoms with van der Waals surface area (Å²) in [5.74, 6) is -0.510. The van der Waals surface area contributed by atoms with E-state index in [9.17, 15) is 14.4 Å². The molecule has 48 heavy (non-hydrogen) atoms. The van der Waals surface area contributed by atoms with Crippen molar-refractivity contribution in [3.8, 4) is 11.1 Å². The second kappa shape index (κ2) is 13.5. The Bertz CT molecular complexity index is 1630. The number of nitrogens with one attached hydrogen (secondary N) is 3. The molecule has 3 amide bonds. The third-order valence-electron chi connectivity index (χ3n) is 10.9. The van der Waals surface area contributed by atoms with Gasteiger partial charge in [0.15, 0.2) is 0 Å². The molecule has 9 nitrogen and oxygen atoms in total. The first-order chi connectivity index (χ1) is 22.8. The number of rotatable bonds is 11. The van der Waals surface area contributed by atoms with Crippen LogP contribution in [-0.4, -0.2) is 60.1 Å². The Morgan fingerprint density at radius 3 is 2.29 bits per heavy atom. The first-order valence-electron chi connectivity index (χ1n) is 17.2. The molecule has 2 bridgehead atoms. The molecule has 10 heteroatoms. The van der Waals surface area contributed by atoms with E-state index in [1.165, 1.54) is 0 Å². The van der Waals surface area contributed by atoms with Crippen LogP contribution in [0.1, 0.15) is 80.3 Å². The Balaban J connectivity index is 1.19. The number of nitrogens with zero attached hydrogens (tertiary/aromatic N) is 1. The number of carbonyl (C=O) groups excluding carboxylic acids is 3. The Hall–Kier alpha value is -4.02. The normalized spacial score (nSPS) is 25.0. The third kappa shape index (κ3) is 6.78. The molecule has 3 aromatic rings. The molecule has 3 saturated carbocycles. The molecule has 0 radical (unpaired) electrons. The zero-order chi connectivity index (χ0) is 34.2. The lowest BCUT2D eigenvalue weighted by molar-refractivity contribution is -0.199. The van der Waals surface area contributed by atoms with Gasteiger partial charge in [-0.25, -0.2) is 0 Å². The minimum absolute atomic E-state index is 0.0277. The van der Waals surface area contributed by atoms with Gasteiger partial charge in [0.1, 0.15) is 11.7 Å². The molecule has 4 fully saturated rings. The fourth-order valence-electron chi connectivity index (χ4n) is 7.87. The first kappa shape index (κ1) is 33.9. The van der Waals surface area contributed by atoms with Crippen LogP contribution in [0.3, 0.4) is 0 Å². The van der Waals surface area contributed by atoms with Crippen molar-refractivity contribution in [1.82, 2.24) is 20.9 Å². The van der Waals surface area contributed by atoms with Crippen LogP contribution in [0.4, 0.5) is 0 Å². The molecule has 4 aliphatic rings. The lowest BCUT2D eigenvalue weighted by Crippen LogP contribution is -2.65. The van der Waals surface area contributed by atoms with E-state index in [2.05, 4.69) is 55.6 Å². The number of carbonyl (C=O) groups is 3. The van der Waals surface area contributed by atoms with Gasteiger partial charge in [0.25, 0.3) is 11.8 Å². The summed E-state index contributed by atoms with van der Waals surface area (Å²) in [5, 5.41) is 8.82. The Labute approximate surface area is 284 Å². The van der Waals surface area contributed by atoms with Crippen LogP contribution in [0.2, 0.25) is 0 Å². The van der Waals surface area contributed by atoms with E-state index in [0.29, 0.717) is 23.8 Å². The maximum atomic E-state index is 14.1. The zero-order valence-corrected chi connectivity index (χ0v) is 28.8. The molecule has 0 spiro atoms. The molecule has 1 unspecified atom stereocenters. The summed E-state index contributed by atoms with van der Waals surface area (Å²) in [5.41, 5.74) is 3.28. The molecule has 2 heterocycles. The van der Waals surface area contributed by atoms with Crippen LogP contribution >= 0.6 is 0 Å². The van der Waals surface area contributed by atoms with Gasteiger partial charge in [-0.3, -0.25) is 19.4 Å². The van der Waals surface area contributed by atoms with Crippen molar-refractivity contribution in [2.75, 3.05) is 6.54 Å². The lowest BCUT2D eigenvalue weighted by atomic mass is 9.43. The number of aryl methyl sites for hydroxylation is 1. The highest BCUT2D eigenvalue weighted by molar-refractivity contribution is 6.48. The Morgan fingerprint density at radius 1 is 0.917 bits per heavy atom. The van der Waals surface area contributed by atoms with Crippen molar-refractivity contribution in [2.45, 2.75) is 84.5 Å². The predicted molar refractivity (Wildman–Crippen MR) is 186 cm³/mol. The Kier molecular flexibility index (Phi) is 9.51. The van der Waals surface area contributed by atoms with Gasteiger partial charge in [0.05, 0.1) is 17.6 Å². The SMILES string of the molecule is Cc1ccc(C(=O)NC[C@H](NC(=O)c2ccc(-c3ccccc3)cn2)C(=O)N[C@@H](CC(C)C)B2OC3C[C@@H]4C[C@@H](C4(C)C)[C@]3(C)O2)cc1. The van der Waals surface area contributed by atoms with Crippen molar-refractivity contribution < 1.29 is 23.7 Å². The van der Waals surface area contributed by atoms with E-state index in [1.54, 1.807) is 24.4 Å². The molecular formula is C38H47BN4O5. The van der Waals surface area contributed by atoms with E-state index in [4.69, 9.17) is 9.31 Å². The van der Waals surface area contributed by atoms with Crippen molar-refractivity contribution in [3.05, 3.63) is 89.7 Å². The average molecular weight is 651 g/mol.